The van der Waals surface area contributed by atoms with Gasteiger partial charge in [-0.05, 0) is 0 Å². The van der Waals surface area contributed by atoms with Crippen LogP contribution in [0, 0.1) is 5.21 Å². The molecule has 0 saturated heterocycles. The van der Waals surface area contributed by atoms with Gasteiger partial charge in [0.15, 0.2) is 0 Å². The van der Waals surface area contributed by atoms with Crippen LogP contribution in [-0.2, 0) is 4.74 Å². The molecule has 0 aliphatic carbocycles. The Labute approximate surface area is 51.3 Å². The molecule has 1 aliphatic rings. The molecule has 0 radical (unpaired) electrons. The van der Waals surface area contributed by atoms with E-state index in [-0.39, 0.29) is 5.88 Å². The minimum Gasteiger partial charge on any atom is -0.688 e. The Morgan fingerprint density at radius 3 is 3.11 bits per heavy atom. The van der Waals surface area contributed by atoms with E-state index in [2.05, 4.69) is 20.9 Å². The maximum absolute atomic E-state index is 10.5. The number of hydrogen-bond donors (Lipinski definition) is 2. The Morgan fingerprint density at radius 2 is 2.67 bits per heavy atom. The number of hydrogen-bond acceptors (Lipinski definition) is 5. The highest BCUT2D eigenvalue weighted by molar-refractivity contribution is 4.78. The molecule has 0 bridgehead atoms. The van der Waals surface area contributed by atoms with Crippen molar-refractivity contribution in [1.82, 2.24) is 11.0 Å². The molecule has 0 aromatic rings. The van der Waals surface area contributed by atoms with Crippen molar-refractivity contribution < 1.29 is 9.60 Å². The Morgan fingerprint density at radius 1 is 1.89 bits per heavy atom. The standard InChI is InChI=1S/C3H6N4O2/c1-9-3-2-4-5-6-7(3)8/h2,4-5H,1H3. The second-order valence-corrected chi connectivity index (χ2v) is 1.32. The average Bonchev–Trinajstić information content (AvgIpc) is 1.89. The Balaban J connectivity index is 2.68. The number of methoxy groups -OCH3 is 1. The highest BCUT2D eigenvalue weighted by Gasteiger charge is 2.05. The summed E-state index contributed by atoms with van der Waals surface area (Å²) in [4.78, 5) is 0.330. The number of nitrogens with one attached hydrogen (secondary N) is 2. The van der Waals surface area contributed by atoms with Crippen LogP contribution in [0.4, 0.5) is 0 Å². The van der Waals surface area contributed by atoms with E-state index in [0.717, 1.165) is 0 Å². The van der Waals surface area contributed by atoms with Gasteiger partial charge in [0.25, 0.3) is 0 Å². The molecular formula is C3H6N4O2. The van der Waals surface area contributed by atoms with Crippen LogP contribution in [0.3, 0.4) is 0 Å². The van der Waals surface area contributed by atoms with Crippen LogP contribution in [0.25, 0.3) is 0 Å². The van der Waals surface area contributed by atoms with Crippen molar-refractivity contribution in [2.75, 3.05) is 7.11 Å². The first-order valence-electron chi connectivity index (χ1n) is 2.27. The maximum Gasteiger partial charge on any atom is 0.328 e. The normalized spacial score (nSPS) is 16.6. The third-order valence-corrected chi connectivity index (χ3v) is 0.799. The van der Waals surface area contributed by atoms with Gasteiger partial charge in [0, 0.05) is 0 Å². The molecule has 0 aromatic heterocycles. The Bertz CT molecular complexity index is 163. The lowest BCUT2D eigenvalue weighted by Crippen LogP contribution is -2.29. The molecular weight excluding hydrogens is 124 g/mol. The van der Waals surface area contributed by atoms with Gasteiger partial charge in [0.2, 0.25) is 0 Å². The molecule has 0 saturated carbocycles. The predicted octanol–water partition coefficient (Wildman–Crippen LogP) is -0.583. The molecule has 9 heavy (non-hydrogen) atoms. The largest absolute Gasteiger partial charge is 0.688 e. The first-order chi connectivity index (χ1) is 4.34. The SMILES string of the molecule is COC1=CNNN=[N+]1[O-]. The van der Waals surface area contributed by atoms with E-state index in [1.54, 1.807) is 0 Å². The minimum absolute atomic E-state index is 0.119. The smallest absolute Gasteiger partial charge is 0.328 e. The molecule has 2 N–H and O–H groups in total. The lowest BCUT2D eigenvalue weighted by molar-refractivity contribution is -0.521. The highest BCUT2D eigenvalue weighted by Crippen LogP contribution is 1.96. The lowest BCUT2D eigenvalue weighted by Gasteiger charge is -2.10. The number of nitrogens with zero attached hydrogens (tertiary/aromatic N) is 2. The molecule has 50 valence electrons. The minimum atomic E-state index is 0.119. The van der Waals surface area contributed by atoms with Gasteiger partial charge in [-0.2, -0.15) is 0 Å². The fraction of sp³-hybridized carbons (Fsp3) is 0.333. The van der Waals surface area contributed by atoms with Crippen LogP contribution >= 0.6 is 0 Å². The summed E-state index contributed by atoms with van der Waals surface area (Å²) in [5.74, 6) is 0.119. The van der Waals surface area contributed by atoms with E-state index < -0.39 is 0 Å². The second kappa shape index (κ2) is 2.21. The van der Waals surface area contributed by atoms with Crippen molar-refractivity contribution in [2.45, 2.75) is 0 Å². The molecule has 6 heteroatoms. The van der Waals surface area contributed by atoms with Crippen molar-refractivity contribution in [1.29, 1.82) is 0 Å². The molecule has 0 unspecified atom stereocenters. The van der Waals surface area contributed by atoms with Crippen molar-refractivity contribution in [3.05, 3.63) is 17.3 Å². The van der Waals surface area contributed by atoms with Crippen molar-refractivity contribution in [3.63, 3.8) is 0 Å². The maximum atomic E-state index is 10.5. The summed E-state index contributed by atoms with van der Waals surface area (Å²) < 4.78 is 4.58. The molecule has 1 rings (SSSR count). The van der Waals surface area contributed by atoms with E-state index >= 15 is 0 Å². The van der Waals surface area contributed by atoms with Gasteiger partial charge in [-0.3, -0.25) is 0 Å². The number of hydrazine groups is 1. The van der Waals surface area contributed by atoms with E-state index in [9.17, 15) is 5.21 Å². The van der Waals surface area contributed by atoms with Crippen LogP contribution in [0.2, 0.25) is 0 Å². The zero-order valence-electron chi connectivity index (χ0n) is 4.79. The fourth-order valence-electron chi connectivity index (χ4n) is 0.410. The van der Waals surface area contributed by atoms with Crippen molar-refractivity contribution in [3.8, 4) is 0 Å². The third-order valence-electron chi connectivity index (χ3n) is 0.799. The van der Waals surface area contributed by atoms with Crippen LogP contribution in [0.5, 0.6) is 0 Å². The summed E-state index contributed by atoms with van der Waals surface area (Å²) in [6.07, 6.45) is 1.36. The zero-order chi connectivity index (χ0) is 6.69. The molecule has 1 aliphatic heterocycles. The summed E-state index contributed by atoms with van der Waals surface area (Å²) in [6, 6.07) is 0. The summed E-state index contributed by atoms with van der Waals surface area (Å²) >= 11 is 0. The van der Waals surface area contributed by atoms with E-state index in [4.69, 9.17) is 0 Å². The number of ether oxygens (including phenoxy) is 1. The molecule has 6 nitrogen and oxygen atoms in total. The van der Waals surface area contributed by atoms with Crippen LogP contribution in [0.1, 0.15) is 0 Å². The molecule has 1 heterocycles. The van der Waals surface area contributed by atoms with Crippen LogP contribution in [0.15, 0.2) is 17.3 Å². The summed E-state index contributed by atoms with van der Waals surface area (Å²) in [6.45, 7) is 0. The molecule has 0 aromatic carbocycles. The molecule has 0 atom stereocenters. The lowest BCUT2D eigenvalue weighted by atomic mass is 10.8. The first kappa shape index (κ1) is 5.67. The van der Waals surface area contributed by atoms with Crippen LogP contribution < -0.4 is 11.0 Å². The monoisotopic (exact) mass is 130 g/mol. The number of hydroxylamine groups is 1. The zero-order valence-corrected chi connectivity index (χ0v) is 4.79. The van der Waals surface area contributed by atoms with Gasteiger partial charge < -0.3 is 9.94 Å². The van der Waals surface area contributed by atoms with Gasteiger partial charge in [-0.15, -0.1) is 0 Å². The fourth-order valence-corrected chi connectivity index (χ4v) is 0.410. The van der Waals surface area contributed by atoms with Crippen molar-refractivity contribution >= 4 is 0 Å². The third kappa shape index (κ3) is 1.01. The van der Waals surface area contributed by atoms with Gasteiger partial charge in [-0.1, -0.05) is 10.4 Å². The first-order valence-corrected chi connectivity index (χ1v) is 2.27. The number of rotatable bonds is 1. The van der Waals surface area contributed by atoms with Gasteiger partial charge >= 0.3 is 5.88 Å². The highest BCUT2D eigenvalue weighted by atomic mass is 16.6. The van der Waals surface area contributed by atoms with E-state index in [0.29, 0.717) is 4.86 Å². The van der Waals surface area contributed by atoms with Crippen LogP contribution in [-0.4, -0.2) is 12.0 Å². The molecule has 0 spiro atoms. The Kier molecular flexibility index (Phi) is 1.39. The Hall–Kier alpha value is -1.46. The average molecular weight is 130 g/mol. The molecule has 0 amide bonds. The van der Waals surface area contributed by atoms with E-state index in [1.165, 1.54) is 13.3 Å². The van der Waals surface area contributed by atoms with Gasteiger partial charge in [0.05, 0.1) is 7.11 Å². The summed E-state index contributed by atoms with van der Waals surface area (Å²) in [5, 5.41) is 13.7. The predicted molar refractivity (Wildman–Crippen MR) is 27.4 cm³/mol. The topological polar surface area (TPSA) is 71.7 Å². The molecule has 0 fully saturated rings. The second-order valence-electron chi connectivity index (χ2n) is 1.32. The summed E-state index contributed by atoms with van der Waals surface area (Å²) in [7, 11) is 1.39. The van der Waals surface area contributed by atoms with Gasteiger partial charge in [0.1, 0.15) is 11.4 Å². The summed E-state index contributed by atoms with van der Waals surface area (Å²) in [5.41, 5.74) is 4.70. The van der Waals surface area contributed by atoms with Crippen molar-refractivity contribution in [2.24, 2.45) is 5.22 Å². The van der Waals surface area contributed by atoms with Gasteiger partial charge in [-0.25, -0.2) is 5.43 Å². The quantitative estimate of drug-likeness (QED) is 0.368. The van der Waals surface area contributed by atoms with E-state index in [1.807, 2.05) is 0 Å².